The first-order chi connectivity index (χ1) is 6.66. The van der Waals surface area contributed by atoms with Crippen molar-refractivity contribution in [2.24, 2.45) is 0 Å². The molecule has 3 N–H and O–H groups in total. The molecule has 1 aliphatic rings. The predicted molar refractivity (Wildman–Crippen MR) is 53.6 cm³/mol. The lowest BCUT2D eigenvalue weighted by molar-refractivity contribution is 0.198. The van der Waals surface area contributed by atoms with Crippen LogP contribution in [0.4, 0.5) is 15.8 Å². The van der Waals surface area contributed by atoms with Gasteiger partial charge in [-0.1, -0.05) is 0 Å². The highest BCUT2D eigenvalue weighted by Gasteiger charge is 2.21. The smallest absolute Gasteiger partial charge is 0.125 e. The molecule has 1 aliphatic heterocycles. The SMILES string of the molecule is Nc1cc(F)ccc1N1CC[C@H](O)C1. The number of aliphatic hydroxyl groups is 1. The second-order valence-electron chi connectivity index (χ2n) is 3.59. The maximum absolute atomic E-state index is 12.8. The lowest BCUT2D eigenvalue weighted by Crippen LogP contribution is -2.22. The zero-order chi connectivity index (χ0) is 10.1. The van der Waals surface area contributed by atoms with Gasteiger partial charge in [-0.05, 0) is 24.6 Å². The average Bonchev–Trinajstić information content (AvgIpc) is 2.51. The van der Waals surface area contributed by atoms with Crippen LogP contribution >= 0.6 is 0 Å². The molecular formula is C10H13FN2O. The van der Waals surface area contributed by atoms with Crippen molar-refractivity contribution in [2.75, 3.05) is 23.7 Å². The largest absolute Gasteiger partial charge is 0.397 e. The fourth-order valence-corrected chi connectivity index (χ4v) is 1.77. The molecule has 0 aromatic heterocycles. The van der Waals surface area contributed by atoms with Crippen LogP contribution < -0.4 is 10.6 Å². The van der Waals surface area contributed by atoms with Crippen molar-refractivity contribution in [3.8, 4) is 0 Å². The van der Waals surface area contributed by atoms with Gasteiger partial charge in [0.2, 0.25) is 0 Å². The summed E-state index contributed by atoms with van der Waals surface area (Å²) in [5.41, 5.74) is 6.92. The van der Waals surface area contributed by atoms with Crippen molar-refractivity contribution in [1.29, 1.82) is 0 Å². The molecule has 0 saturated carbocycles. The summed E-state index contributed by atoms with van der Waals surface area (Å²) in [7, 11) is 0. The Morgan fingerprint density at radius 1 is 1.50 bits per heavy atom. The standard InChI is InChI=1S/C10H13FN2O/c11-7-1-2-10(9(12)5-7)13-4-3-8(14)6-13/h1-2,5,8,14H,3-4,6,12H2/t8-/m0/s1. The van der Waals surface area contributed by atoms with Crippen LogP contribution in [0.25, 0.3) is 0 Å². The van der Waals surface area contributed by atoms with Crippen LogP contribution in [-0.2, 0) is 0 Å². The summed E-state index contributed by atoms with van der Waals surface area (Å²) >= 11 is 0. The van der Waals surface area contributed by atoms with Gasteiger partial charge in [-0.3, -0.25) is 0 Å². The van der Waals surface area contributed by atoms with E-state index in [1.165, 1.54) is 12.1 Å². The van der Waals surface area contributed by atoms with E-state index in [1.807, 2.05) is 4.90 Å². The monoisotopic (exact) mass is 196 g/mol. The Morgan fingerprint density at radius 3 is 2.86 bits per heavy atom. The number of rotatable bonds is 1. The van der Waals surface area contributed by atoms with E-state index >= 15 is 0 Å². The van der Waals surface area contributed by atoms with E-state index in [0.29, 0.717) is 12.2 Å². The lowest BCUT2D eigenvalue weighted by Gasteiger charge is -2.19. The molecule has 0 spiro atoms. The van der Waals surface area contributed by atoms with Crippen LogP contribution in [0.5, 0.6) is 0 Å². The number of nitrogen functional groups attached to an aromatic ring is 1. The number of halogens is 1. The minimum atomic E-state index is -0.328. The zero-order valence-electron chi connectivity index (χ0n) is 7.78. The Kier molecular flexibility index (Phi) is 2.29. The molecule has 2 rings (SSSR count). The van der Waals surface area contributed by atoms with Gasteiger partial charge in [0.15, 0.2) is 0 Å². The maximum atomic E-state index is 12.8. The molecule has 76 valence electrons. The second kappa shape index (κ2) is 3.46. The first-order valence-electron chi connectivity index (χ1n) is 4.65. The van der Waals surface area contributed by atoms with E-state index in [0.717, 1.165) is 18.7 Å². The Labute approximate surface area is 81.9 Å². The van der Waals surface area contributed by atoms with E-state index < -0.39 is 0 Å². The molecule has 0 radical (unpaired) electrons. The van der Waals surface area contributed by atoms with Gasteiger partial charge < -0.3 is 15.7 Å². The van der Waals surface area contributed by atoms with E-state index in [1.54, 1.807) is 6.07 Å². The van der Waals surface area contributed by atoms with Gasteiger partial charge in [0.25, 0.3) is 0 Å². The van der Waals surface area contributed by atoms with E-state index in [-0.39, 0.29) is 11.9 Å². The highest BCUT2D eigenvalue weighted by molar-refractivity contribution is 5.67. The van der Waals surface area contributed by atoms with Crippen LogP contribution in [0, 0.1) is 5.82 Å². The van der Waals surface area contributed by atoms with Crippen molar-refractivity contribution >= 4 is 11.4 Å². The fourth-order valence-electron chi connectivity index (χ4n) is 1.77. The molecule has 0 aliphatic carbocycles. The number of aliphatic hydroxyl groups excluding tert-OH is 1. The number of hydrogen-bond donors (Lipinski definition) is 2. The fraction of sp³-hybridized carbons (Fsp3) is 0.400. The second-order valence-corrected chi connectivity index (χ2v) is 3.59. The molecule has 1 atom stereocenters. The first-order valence-corrected chi connectivity index (χ1v) is 4.65. The van der Waals surface area contributed by atoms with Crippen LogP contribution in [0.15, 0.2) is 18.2 Å². The third kappa shape index (κ3) is 1.65. The summed E-state index contributed by atoms with van der Waals surface area (Å²) in [5.74, 6) is -0.328. The average molecular weight is 196 g/mol. The van der Waals surface area contributed by atoms with E-state index in [4.69, 9.17) is 5.73 Å². The Balaban J connectivity index is 2.24. The van der Waals surface area contributed by atoms with Gasteiger partial charge in [-0.2, -0.15) is 0 Å². The number of benzene rings is 1. The summed E-state index contributed by atoms with van der Waals surface area (Å²) in [6.07, 6.45) is 0.455. The van der Waals surface area contributed by atoms with Crippen molar-refractivity contribution in [2.45, 2.75) is 12.5 Å². The zero-order valence-corrected chi connectivity index (χ0v) is 7.78. The lowest BCUT2D eigenvalue weighted by atomic mass is 10.2. The minimum absolute atomic E-state index is 0.292. The van der Waals surface area contributed by atoms with E-state index in [9.17, 15) is 9.50 Å². The molecule has 1 heterocycles. The molecule has 14 heavy (non-hydrogen) atoms. The van der Waals surface area contributed by atoms with Crippen molar-refractivity contribution in [3.05, 3.63) is 24.0 Å². The number of anilines is 2. The van der Waals surface area contributed by atoms with Crippen LogP contribution in [-0.4, -0.2) is 24.3 Å². The highest BCUT2D eigenvalue weighted by atomic mass is 19.1. The molecule has 1 fully saturated rings. The molecule has 0 unspecified atom stereocenters. The molecular weight excluding hydrogens is 183 g/mol. The van der Waals surface area contributed by atoms with E-state index in [2.05, 4.69) is 0 Å². The van der Waals surface area contributed by atoms with Crippen LogP contribution in [0.1, 0.15) is 6.42 Å². The summed E-state index contributed by atoms with van der Waals surface area (Å²) in [6.45, 7) is 1.35. The summed E-state index contributed by atoms with van der Waals surface area (Å²) in [4.78, 5) is 1.97. The molecule has 1 saturated heterocycles. The van der Waals surface area contributed by atoms with Crippen molar-refractivity contribution in [1.82, 2.24) is 0 Å². The van der Waals surface area contributed by atoms with Crippen LogP contribution in [0.2, 0.25) is 0 Å². The summed E-state index contributed by atoms with van der Waals surface area (Å²) < 4.78 is 12.8. The topological polar surface area (TPSA) is 49.5 Å². The molecule has 1 aromatic carbocycles. The van der Waals surface area contributed by atoms with Gasteiger partial charge >= 0.3 is 0 Å². The molecule has 3 nitrogen and oxygen atoms in total. The third-order valence-corrected chi connectivity index (χ3v) is 2.49. The Bertz CT molecular complexity index is 343. The quantitative estimate of drug-likeness (QED) is 0.658. The number of nitrogens with two attached hydrogens (primary N) is 1. The normalized spacial score (nSPS) is 21.6. The predicted octanol–water partition coefficient (Wildman–Crippen LogP) is 0.979. The molecule has 0 amide bonds. The third-order valence-electron chi connectivity index (χ3n) is 2.49. The van der Waals surface area contributed by atoms with Crippen molar-refractivity contribution in [3.63, 3.8) is 0 Å². The summed E-state index contributed by atoms with van der Waals surface area (Å²) in [6, 6.07) is 4.35. The van der Waals surface area contributed by atoms with Gasteiger partial charge in [0.1, 0.15) is 5.82 Å². The molecule has 1 aromatic rings. The first kappa shape index (κ1) is 9.27. The van der Waals surface area contributed by atoms with Crippen LogP contribution in [0.3, 0.4) is 0 Å². The Morgan fingerprint density at radius 2 is 2.29 bits per heavy atom. The molecule has 0 bridgehead atoms. The minimum Gasteiger partial charge on any atom is -0.397 e. The van der Waals surface area contributed by atoms with Gasteiger partial charge in [0.05, 0.1) is 17.5 Å². The van der Waals surface area contributed by atoms with Gasteiger partial charge in [0, 0.05) is 13.1 Å². The highest BCUT2D eigenvalue weighted by Crippen LogP contribution is 2.27. The number of hydrogen-bond acceptors (Lipinski definition) is 3. The number of nitrogens with zero attached hydrogens (tertiary/aromatic N) is 1. The van der Waals surface area contributed by atoms with Gasteiger partial charge in [-0.15, -0.1) is 0 Å². The molecule has 4 heteroatoms. The maximum Gasteiger partial charge on any atom is 0.125 e. The summed E-state index contributed by atoms with van der Waals surface area (Å²) in [5, 5.41) is 9.35. The Hall–Kier alpha value is -1.29. The number of β-amino-alcohol motifs (C(OH)–C–C–N with tert-alkyl or cyclic N) is 1. The van der Waals surface area contributed by atoms with Gasteiger partial charge in [-0.25, -0.2) is 4.39 Å². The van der Waals surface area contributed by atoms with Crippen molar-refractivity contribution < 1.29 is 9.50 Å².